The molecular weight excluding hydrogens is 477 g/mol. The van der Waals surface area contributed by atoms with Gasteiger partial charge in [-0.3, -0.25) is 4.79 Å². The summed E-state index contributed by atoms with van der Waals surface area (Å²) in [6.07, 6.45) is -0.184. The summed E-state index contributed by atoms with van der Waals surface area (Å²) in [5.74, 6) is -3.41. The van der Waals surface area contributed by atoms with E-state index in [9.17, 15) is 29.0 Å². The molecule has 1 aromatic heterocycles. The number of aliphatic hydroxyl groups is 1. The van der Waals surface area contributed by atoms with E-state index in [1.165, 1.54) is 19.1 Å². The number of carboxylic acids is 1. The van der Waals surface area contributed by atoms with E-state index in [4.69, 9.17) is 10.5 Å². The maximum Gasteiger partial charge on any atom is 0.353 e. The summed E-state index contributed by atoms with van der Waals surface area (Å²) in [6, 6.07) is 6.07. The molecule has 0 saturated carbocycles. The number of amides is 1. The van der Waals surface area contributed by atoms with Crippen molar-refractivity contribution in [3.63, 3.8) is 0 Å². The molecular formula is C24H32FN3O6S. The fourth-order valence-corrected chi connectivity index (χ4v) is 4.63. The molecule has 1 amide bonds. The molecule has 2 rings (SSSR count). The lowest BCUT2D eigenvalue weighted by molar-refractivity contribution is -0.147. The number of carboxylic acid groups (broad SMARTS) is 1. The van der Waals surface area contributed by atoms with Crippen molar-refractivity contribution in [2.45, 2.75) is 58.7 Å². The third-order valence-electron chi connectivity index (χ3n) is 5.92. The van der Waals surface area contributed by atoms with Crippen molar-refractivity contribution in [1.29, 1.82) is 0 Å². The summed E-state index contributed by atoms with van der Waals surface area (Å²) in [5, 5.41) is 24.3. The van der Waals surface area contributed by atoms with Crippen molar-refractivity contribution in [2.75, 3.05) is 6.67 Å². The number of hydrogen-bond donors (Lipinski definition) is 5. The van der Waals surface area contributed by atoms with Crippen LogP contribution < -0.4 is 21.1 Å². The highest BCUT2D eigenvalue weighted by atomic mass is 32.1. The summed E-state index contributed by atoms with van der Waals surface area (Å²) in [7, 11) is 0. The van der Waals surface area contributed by atoms with Gasteiger partial charge in [-0.2, -0.15) is 0 Å². The molecule has 2 aromatic rings. The fraction of sp³-hybridized carbons (Fsp3) is 0.458. The lowest BCUT2D eigenvalue weighted by atomic mass is 9.77. The standard InChI is InChI=1S/C24H32FN3O6S/c1-4-24(5-2,23(33)28-20(14(3)29)21(30)31)11-16-7-9-19(35-16)22(32)34-18-8-6-15(10-17(18)25)12-27-13-26/h6-10,14,20,27,29H,4-5,11-13,26H2,1-3H3,(H,28,33)(H,30,31)/t14?,20-/m0/s1. The maximum atomic E-state index is 14.3. The molecule has 0 saturated heterocycles. The van der Waals surface area contributed by atoms with Gasteiger partial charge in [0, 0.05) is 18.1 Å². The molecule has 6 N–H and O–H groups in total. The van der Waals surface area contributed by atoms with Gasteiger partial charge in [0.25, 0.3) is 0 Å². The number of aliphatic carboxylic acids is 1. The Morgan fingerprint density at radius 2 is 1.89 bits per heavy atom. The number of nitrogens with two attached hydrogens (primary N) is 1. The van der Waals surface area contributed by atoms with Gasteiger partial charge < -0.3 is 31.3 Å². The molecule has 0 fully saturated rings. The Labute approximate surface area is 207 Å². The number of esters is 1. The van der Waals surface area contributed by atoms with Gasteiger partial charge in [0.05, 0.1) is 11.5 Å². The number of benzene rings is 1. The number of aliphatic hydroxyl groups excluding tert-OH is 1. The Morgan fingerprint density at radius 3 is 2.43 bits per heavy atom. The molecule has 0 radical (unpaired) electrons. The first-order chi connectivity index (χ1) is 16.6. The van der Waals surface area contributed by atoms with Gasteiger partial charge >= 0.3 is 11.9 Å². The zero-order chi connectivity index (χ0) is 26.2. The summed E-state index contributed by atoms with van der Waals surface area (Å²) in [4.78, 5) is 38.0. The average Bonchev–Trinajstić information content (AvgIpc) is 3.29. The highest BCUT2D eigenvalue weighted by Crippen LogP contribution is 2.34. The van der Waals surface area contributed by atoms with Gasteiger partial charge in [-0.05, 0) is 56.0 Å². The number of ether oxygens (including phenoxy) is 1. The van der Waals surface area contributed by atoms with E-state index in [1.54, 1.807) is 18.2 Å². The molecule has 0 aliphatic heterocycles. The molecule has 0 aliphatic carbocycles. The Hall–Kier alpha value is -2.86. The Bertz CT molecular complexity index is 1040. The quantitative estimate of drug-likeness (QED) is 0.157. The molecule has 1 heterocycles. The highest BCUT2D eigenvalue weighted by molar-refractivity contribution is 7.14. The van der Waals surface area contributed by atoms with Gasteiger partial charge in [0.15, 0.2) is 17.6 Å². The van der Waals surface area contributed by atoms with Crippen LogP contribution in [-0.4, -0.2) is 46.9 Å². The van der Waals surface area contributed by atoms with Crippen LogP contribution in [0.2, 0.25) is 0 Å². The van der Waals surface area contributed by atoms with Crippen LogP contribution in [0.1, 0.15) is 53.7 Å². The minimum absolute atomic E-state index is 0.199. The fourth-order valence-electron chi connectivity index (χ4n) is 3.60. The minimum Gasteiger partial charge on any atom is -0.480 e. The molecule has 0 bridgehead atoms. The molecule has 35 heavy (non-hydrogen) atoms. The smallest absolute Gasteiger partial charge is 0.353 e. The zero-order valence-electron chi connectivity index (χ0n) is 20.0. The molecule has 2 atom stereocenters. The SMILES string of the molecule is CCC(CC)(Cc1ccc(C(=O)Oc2ccc(CNCN)cc2F)s1)C(=O)N[C@H](C(=O)O)C(C)O. The maximum absolute atomic E-state index is 14.3. The summed E-state index contributed by atoms with van der Waals surface area (Å²) in [6.45, 7) is 5.56. The number of rotatable bonds is 13. The lowest BCUT2D eigenvalue weighted by Gasteiger charge is -2.32. The van der Waals surface area contributed by atoms with Gasteiger partial charge in [-0.15, -0.1) is 11.3 Å². The van der Waals surface area contributed by atoms with Crippen LogP contribution in [0.25, 0.3) is 0 Å². The van der Waals surface area contributed by atoms with Crippen molar-refractivity contribution in [3.05, 3.63) is 51.5 Å². The predicted molar refractivity (Wildman–Crippen MR) is 130 cm³/mol. The van der Waals surface area contributed by atoms with Gasteiger partial charge in [-0.25, -0.2) is 14.0 Å². The second kappa shape index (κ2) is 12.7. The lowest BCUT2D eigenvalue weighted by Crippen LogP contribution is -2.53. The number of carbonyl (C=O) groups excluding carboxylic acids is 2. The Kier molecular flexibility index (Phi) is 10.3. The van der Waals surface area contributed by atoms with Gasteiger partial charge in [0.1, 0.15) is 4.88 Å². The van der Waals surface area contributed by atoms with E-state index in [-0.39, 0.29) is 23.7 Å². The summed E-state index contributed by atoms with van der Waals surface area (Å²) in [5.41, 5.74) is 5.08. The van der Waals surface area contributed by atoms with Crippen LogP contribution in [0.5, 0.6) is 5.75 Å². The van der Waals surface area contributed by atoms with E-state index >= 15 is 0 Å². The largest absolute Gasteiger partial charge is 0.480 e. The normalized spacial score (nSPS) is 13.2. The van der Waals surface area contributed by atoms with Gasteiger partial charge in [0.2, 0.25) is 5.91 Å². The number of nitrogens with one attached hydrogen (secondary N) is 2. The number of hydrogen-bond acceptors (Lipinski definition) is 8. The van der Waals surface area contributed by atoms with Crippen molar-refractivity contribution >= 4 is 29.2 Å². The predicted octanol–water partition coefficient (Wildman–Crippen LogP) is 2.41. The van der Waals surface area contributed by atoms with Crippen molar-refractivity contribution < 1.29 is 33.7 Å². The molecule has 11 heteroatoms. The first kappa shape index (κ1) is 28.4. The molecule has 1 aromatic carbocycles. The van der Waals surface area contributed by atoms with Crippen LogP contribution in [0.3, 0.4) is 0 Å². The zero-order valence-corrected chi connectivity index (χ0v) is 20.8. The molecule has 192 valence electrons. The third kappa shape index (κ3) is 7.31. The Balaban J connectivity index is 2.14. The van der Waals surface area contributed by atoms with Crippen LogP contribution in [0, 0.1) is 11.2 Å². The molecule has 9 nitrogen and oxygen atoms in total. The molecule has 1 unspecified atom stereocenters. The van der Waals surface area contributed by atoms with E-state index in [1.807, 2.05) is 13.8 Å². The van der Waals surface area contributed by atoms with E-state index in [0.29, 0.717) is 29.8 Å². The second-order valence-corrected chi connectivity index (χ2v) is 9.41. The van der Waals surface area contributed by atoms with Crippen molar-refractivity contribution in [3.8, 4) is 5.75 Å². The topological polar surface area (TPSA) is 151 Å². The first-order valence-corrected chi connectivity index (χ1v) is 12.1. The monoisotopic (exact) mass is 509 g/mol. The number of carbonyl (C=O) groups is 3. The van der Waals surface area contributed by atoms with E-state index in [0.717, 1.165) is 11.3 Å². The first-order valence-electron chi connectivity index (χ1n) is 11.3. The van der Waals surface area contributed by atoms with Crippen LogP contribution >= 0.6 is 11.3 Å². The second-order valence-electron chi connectivity index (χ2n) is 8.25. The van der Waals surface area contributed by atoms with Crippen molar-refractivity contribution in [1.82, 2.24) is 10.6 Å². The molecule has 0 spiro atoms. The minimum atomic E-state index is -1.43. The third-order valence-corrected chi connectivity index (χ3v) is 6.98. The van der Waals surface area contributed by atoms with Gasteiger partial charge in [-0.1, -0.05) is 19.9 Å². The van der Waals surface area contributed by atoms with Crippen LogP contribution in [-0.2, 0) is 22.6 Å². The van der Waals surface area contributed by atoms with Crippen LogP contribution in [0.4, 0.5) is 4.39 Å². The van der Waals surface area contributed by atoms with E-state index < -0.39 is 41.2 Å². The summed E-state index contributed by atoms with van der Waals surface area (Å²) >= 11 is 1.12. The highest BCUT2D eigenvalue weighted by Gasteiger charge is 2.38. The summed E-state index contributed by atoms with van der Waals surface area (Å²) < 4.78 is 19.6. The van der Waals surface area contributed by atoms with Crippen LogP contribution in [0.15, 0.2) is 30.3 Å². The number of halogens is 1. The van der Waals surface area contributed by atoms with Crippen molar-refractivity contribution in [2.24, 2.45) is 11.1 Å². The van der Waals surface area contributed by atoms with E-state index in [2.05, 4.69) is 10.6 Å². The Morgan fingerprint density at radius 1 is 1.20 bits per heavy atom. The number of thiophene rings is 1. The average molecular weight is 510 g/mol. The molecule has 0 aliphatic rings.